The lowest BCUT2D eigenvalue weighted by atomic mass is 10.2. The van der Waals surface area contributed by atoms with Crippen LogP contribution in [0.25, 0.3) is 0 Å². The van der Waals surface area contributed by atoms with Crippen molar-refractivity contribution < 1.29 is 13.6 Å². The van der Waals surface area contributed by atoms with Crippen molar-refractivity contribution in [2.45, 2.75) is 52.7 Å². The molecule has 0 aliphatic rings. The van der Waals surface area contributed by atoms with E-state index in [1.165, 1.54) is 0 Å². The Labute approximate surface area is 86.7 Å². The molecular weight excluding hydrogens is 199 g/mol. The molecule has 14 heavy (non-hydrogen) atoms. The van der Waals surface area contributed by atoms with Crippen LogP contribution in [0.15, 0.2) is 0 Å². The van der Waals surface area contributed by atoms with Gasteiger partial charge >= 0.3 is 7.60 Å². The second-order valence-corrected chi connectivity index (χ2v) is 6.65. The maximum atomic E-state index is 11.9. The summed E-state index contributed by atoms with van der Waals surface area (Å²) < 4.78 is 22.4. The van der Waals surface area contributed by atoms with Crippen LogP contribution in [0, 0.1) is 12.1 Å². The minimum absolute atomic E-state index is 0.576. The predicted octanol–water partition coefficient (Wildman–Crippen LogP) is 3.40. The summed E-state index contributed by atoms with van der Waals surface area (Å²) in [4.78, 5) is 0. The minimum Gasteiger partial charge on any atom is -0.294 e. The highest BCUT2D eigenvalue weighted by Gasteiger charge is 2.33. The molecule has 0 amide bonds. The highest BCUT2D eigenvalue weighted by atomic mass is 31.2. The van der Waals surface area contributed by atoms with Crippen LogP contribution in [0.2, 0.25) is 0 Å². The zero-order valence-electron chi connectivity index (χ0n) is 9.75. The topological polar surface area (TPSA) is 35.5 Å². The highest BCUT2D eigenvalue weighted by Crippen LogP contribution is 2.53. The molecule has 0 N–H and O–H groups in total. The van der Waals surface area contributed by atoms with E-state index in [1.807, 2.05) is 0 Å². The van der Waals surface area contributed by atoms with Gasteiger partial charge in [-0.1, -0.05) is 0 Å². The third-order valence-electron chi connectivity index (χ3n) is 0.946. The zero-order valence-corrected chi connectivity index (χ0v) is 10.6. The highest BCUT2D eigenvalue weighted by molar-refractivity contribution is 7.59. The maximum Gasteiger partial charge on any atom is 0.406 e. The summed E-state index contributed by atoms with van der Waals surface area (Å²) in [5.74, 6) is 0. The molecule has 0 unspecified atom stereocenters. The molecule has 0 aromatic rings. The Morgan fingerprint density at radius 1 is 1.00 bits per heavy atom. The smallest absolute Gasteiger partial charge is 0.294 e. The van der Waals surface area contributed by atoms with E-state index in [0.29, 0.717) is 0 Å². The first-order valence-electron chi connectivity index (χ1n) is 4.47. The largest absolute Gasteiger partial charge is 0.406 e. The van der Waals surface area contributed by atoms with Gasteiger partial charge in [-0.05, 0) is 41.5 Å². The summed E-state index contributed by atoms with van der Waals surface area (Å²) in [6, 6.07) is 0. The molecule has 0 radical (unpaired) electrons. The van der Waals surface area contributed by atoms with Gasteiger partial charge in [0.1, 0.15) is 0 Å². The van der Waals surface area contributed by atoms with Crippen molar-refractivity contribution in [2.75, 3.05) is 0 Å². The van der Waals surface area contributed by atoms with Crippen LogP contribution in [0.5, 0.6) is 0 Å². The van der Waals surface area contributed by atoms with Gasteiger partial charge in [0.15, 0.2) is 0 Å². The Bertz CT molecular complexity index is 255. The summed E-state index contributed by atoms with van der Waals surface area (Å²) in [5, 5.41) is 0. The van der Waals surface area contributed by atoms with Crippen LogP contribution in [-0.2, 0) is 13.6 Å². The maximum absolute atomic E-state index is 11.9. The fourth-order valence-electron chi connectivity index (χ4n) is 0.792. The molecule has 0 aromatic carbocycles. The molecule has 0 aliphatic carbocycles. The number of rotatable bonds is 2. The van der Waals surface area contributed by atoms with E-state index in [0.717, 1.165) is 0 Å². The fraction of sp³-hybridized carbons (Fsp3) is 0.800. The first-order chi connectivity index (χ1) is 5.97. The van der Waals surface area contributed by atoms with Crippen molar-refractivity contribution in [3.8, 4) is 12.1 Å². The van der Waals surface area contributed by atoms with Crippen molar-refractivity contribution in [3.05, 3.63) is 0 Å². The van der Waals surface area contributed by atoms with Crippen LogP contribution in [0.4, 0.5) is 0 Å². The van der Waals surface area contributed by atoms with Gasteiger partial charge in [-0.15, -0.1) is 6.42 Å². The SMILES string of the molecule is C#CP(=O)(OC(C)(C)C)OC(C)(C)C. The average Bonchev–Trinajstić information content (AvgIpc) is 1.78. The summed E-state index contributed by atoms with van der Waals surface area (Å²) in [5.41, 5.74) is 0.950. The quantitative estimate of drug-likeness (QED) is 0.526. The lowest BCUT2D eigenvalue weighted by Crippen LogP contribution is -2.23. The van der Waals surface area contributed by atoms with Gasteiger partial charge < -0.3 is 0 Å². The van der Waals surface area contributed by atoms with Crippen LogP contribution in [0.1, 0.15) is 41.5 Å². The third-order valence-corrected chi connectivity index (χ3v) is 2.84. The summed E-state index contributed by atoms with van der Waals surface area (Å²) in [6.07, 6.45) is 5.16. The molecule has 0 heterocycles. The molecule has 0 saturated carbocycles. The molecular formula is C10H19O3P. The van der Waals surface area contributed by atoms with Crippen molar-refractivity contribution in [1.82, 2.24) is 0 Å². The van der Waals surface area contributed by atoms with E-state index in [9.17, 15) is 4.57 Å². The van der Waals surface area contributed by atoms with Crippen LogP contribution < -0.4 is 0 Å². The summed E-state index contributed by atoms with van der Waals surface area (Å²) >= 11 is 0. The number of hydrogen-bond donors (Lipinski definition) is 0. The lowest BCUT2D eigenvalue weighted by molar-refractivity contribution is 0.0553. The Morgan fingerprint density at radius 3 is 1.43 bits per heavy atom. The van der Waals surface area contributed by atoms with E-state index in [1.54, 1.807) is 41.5 Å². The molecule has 0 saturated heterocycles. The third kappa shape index (κ3) is 6.21. The minimum atomic E-state index is -3.42. The molecule has 0 rings (SSSR count). The van der Waals surface area contributed by atoms with Gasteiger partial charge in [-0.3, -0.25) is 9.05 Å². The molecule has 0 fully saturated rings. The molecule has 0 aliphatic heterocycles. The van der Waals surface area contributed by atoms with Crippen molar-refractivity contribution in [2.24, 2.45) is 0 Å². The van der Waals surface area contributed by atoms with Crippen molar-refractivity contribution >= 4 is 7.60 Å². The first kappa shape index (κ1) is 13.7. The van der Waals surface area contributed by atoms with E-state index in [-0.39, 0.29) is 0 Å². The van der Waals surface area contributed by atoms with Crippen LogP contribution in [-0.4, -0.2) is 11.2 Å². The fourth-order valence-corrected chi connectivity index (χ4v) is 2.38. The van der Waals surface area contributed by atoms with Gasteiger partial charge in [0.25, 0.3) is 0 Å². The normalized spacial score (nSPS) is 13.8. The zero-order chi connectivity index (χ0) is 11.6. The average molecular weight is 218 g/mol. The van der Waals surface area contributed by atoms with Crippen molar-refractivity contribution in [3.63, 3.8) is 0 Å². The Hall–Kier alpha value is -0.290. The van der Waals surface area contributed by atoms with Gasteiger partial charge in [0.2, 0.25) is 0 Å². The number of hydrogen-bond acceptors (Lipinski definition) is 3. The Morgan fingerprint density at radius 2 is 1.29 bits per heavy atom. The van der Waals surface area contributed by atoms with Gasteiger partial charge in [-0.25, -0.2) is 4.57 Å². The second kappa shape index (κ2) is 4.06. The monoisotopic (exact) mass is 218 g/mol. The molecule has 0 aromatic heterocycles. The number of terminal acetylenes is 1. The molecule has 4 heteroatoms. The summed E-state index contributed by atoms with van der Waals surface area (Å²) in [6.45, 7) is 10.7. The first-order valence-corrected chi connectivity index (χ1v) is 6.01. The molecule has 3 nitrogen and oxygen atoms in total. The lowest BCUT2D eigenvalue weighted by Gasteiger charge is -2.28. The Balaban J connectivity index is 4.70. The predicted molar refractivity (Wildman–Crippen MR) is 58.1 cm³/mol. The van der Waals surface area contributed by atoms with Gasteiger partial charge in [0, 0.05) is 5.66 Å². The molecule has 0 spiro atoms. The van der Waals surface area contributed by atoms with E-state index >= 15 is 0 Å². The molecule has 0 bridgehead atoms. The van der Waals surface area contributed by atoms with E-state index < -0.39 is 18.8 Å². The molecule has 82 valence electrons. The van der Waals surface area contributed by atoms with E-state index in [4.69, 9.17) is 15.5 Å². The Kier molecular flexibility index (Phi) is 3.98. The van der Waals surface area contributed by atoms with Crippen molar-refractivity contribution in [1.29, 1.82) is 0 Å². The second-order valence-electron chi connectivity index (χ2n) is 5.03. The van der Waals surface area contributed by atoms with E-state index in [2.05, 4.69) is 5.66 Å². The van der Waals surface area contributed by atoms with Crippen LogP contribution >= 0.6 is 7.60 Å². The molecule has 0 atom stereocenters. The summed E-state index contributed by atoms with van der Waals surface area (Å²) in [7, 11) is -3.42. The standard InChI is InChI=1S/C10H19O3P/c1-8-14(11,12-9(2,3)4)13-10(5,6)7/h1H,2-7H3. The van der Waals surface area contributed by atoms with Gasteiger partial charge in [0.05, 0.1) is 11.2 Å². The van der Waals surface area contributed by atoms with Crippen LogP contribution in [0.3, 0.4) is 0 Å². The van der Waals surface area contributed by atoms with Gasteiger partial charge in [-0.2, -0.15) is 0 Å².